The van der Waals surface area contributed by atoms with Crippen molar-refractivity contribution in [3.63, 3.8) is 0 Å². The van der Waals surface area contributed by atoms with E-state index in [2.05, 4.69) is 32.6 Å². The van der Waals surface area contributed by atoms with Gasteiger partial charge < -0.3 is 9.47 Å². The van der Waals surface area contributed by atoms with Crippen molar-refractivity contribution in [1.29, 1.82) is 0 Å². The molecule has 0 N–H and O–H groups in total. The average molecular weight is 304 g/mol. The van der Waals surface area contributed by atoms with Crippen LogP contribution in [0.3, 0.4) is 0 Å². The van der Waals surface area contributed by atoms with E-state index in [1.165, 1.54) is 43.3 Å². The van der Waals surface area contributed by atoms with Crippen molar-refractivity contribution in [3.8, 4) is 0 Å². The number of rotatable bonds is 10. The maximum Gasteiger partial charge on any atom is 0.0792 e. The molecule has 1 fully saturated rings. The Bertz CT molecular complexity index is 408. The zero-order chi connectivity index (χ0) is 15.8. The molecule has 0 spiro atoms. The summed E-state index contributed by atoms with van der Waals surface area (Å²) in [5, 5.41) is 0. The van der Waals surface area contributed by atoms with Gasteiger partial charge in [0, 0.05) is 5.92 Å². The zero-order valence-corrected chi connectivity index (χ0v) is 14.4. The Kier molecular flexibility index (Phi) is 7.41. The Morgan fingerprint density at radius 3 is 2.86 bits per heavy atom. The second kappa shape index (κ2) is 9.32. The van der Waals surface area contributed by atoms with E-state index in [1.54, 1.807) is 0 Å². The molecule has 1 heterocycles. The number of fused-ring (bicyclic) bond motifs is 1. The number of allylic oxidation sites excluding steroid dienone is 2. The Labute approximate surface area is 136 Å². The third-order valence-electron chi connectivity index (χ3n) is 4.78. The highest BCUT2D eigenvalue weighted by Crippen LogP contribution is 2.38. The van der Waals surface area contributed by atoms with E-state index >= 15 is 0 Å². The lowest BCUT2D eigenvalue weighted by molar-refractivity contribution is 0.0856. The molecule has 0 aromatic rings. The highest BCUT2D eigenvalue weighted by atomic mass is 16.5. The summed E-state index contributed by atoms with van der Waals surface area (Å²) in [5.74, 6) is 0.582. The van der Waals surface area contributed by atoms with Crippen LogP contribution in [0.5, 0.6) is 0 Å². The van der Waals surface area contributed by atoms with Crippen LogP contribution in [0.25, 0.3) is 0 Å². The minimum atomic E-state index is 0.255. The summed E-state index contributed by atoms with van der Waals surface area (Å²) in [4.78, 5) is 0. The minimum Gasteiger partial charge on any atom is -0.373 e. The van der Waals surface area contributed by atoms with Crippen molar-refractivity contribution in [1.82, 2.24) is 0 Å². The number of unbranched alkanes of at least 4 members (excludes halogenated alkanes) is 2. The lowest BCUT2D eigenvalue weighted by Gasteiger charge is -2.26. The molecule has 0 bridgehead atoms. The fraction of sp³-hybridized carbons (Fsp3) is 0.700. The zero-order valence-electron chi connectivity index (χ0n) is 14.4. The van der Waals surface area contributed by atoms with Gasteiger partial charge in [-0.2, -0.15) is 0 Å². The van der Waals surface area contributed by atoms with E-state index in [0.29, 0.717) is 18.6 Å². The summed E-state index contributed by atoms with van der Waals surface area (Å²) in [6.07, 6.45) is 15.4. The third kappa shape index (κ3) is 4.57. The summed E-state index contributed by atoms with van der Waals surface area (Å²) in [5.41, 5.74) is 2.97. The van der Waals surface area contributed by atoms with Crippen LogP contribution >= 0.6 is 0 Å². The van der Waals surface area contributed by atoms with Crippen LogP contribution in [-0.4, -0.2) is 25.4 Å². The van der Waals surface area contributed by atoms with Gasteiger partial charge in [0.1, 0.15) is 0 Å². The molecule has 0 aromatic heterocycles. The van der Waals surface area contributed by atoms with E-state index in [-0.39, 0.29) is 6.10 Å². The second-order valence-electron chi connectivity index (χ2n) is 6.53. The smallest absolute Gasteiger partial charge is 0.0792 e. The number of hydrogen-bond donors (Lipinski definition) is 0. The third-order valence-corrected chi connectivity index (χ3v) is 4.78. The molecule has 2 aliphatic rings. The average Bonchev–Trinajstić information content (AvgIpc) is 2.95. The minimum absolute atomic E-state index is 0.255. The number of ether oxygens (including phenoxy) is 2. The van der Waals surface area contributed by atoms with Gasteiger partial charge in [0.25, 0.3) is 0 Å². The fourth-order valence-corrected chi connectivity index (χ4v) is 3.49. The largest absolute Gasteiger partial charge is 0.373 e. The molecule has 1 aliphatic carbocycles. The first-order valence-corrected chi connectivity index (χ1v) is 9.04. The molecule has 1 saturated heterocycles. The SMILES string of the molecule is C=CCOC(CCCC)C1=CC=C2[C@@H](CO[C@H]2CCCC)C1. The van der Waals surface area contributed by atoms with Gasteiger partial charge in [-0.3, -0.25) is 0 Å². The van der Waals surface area contributed by atoms with Gasteiger partial charge in [0.2, 0.25) is 0 Å². The summed E-state index contributed by atoms with van der Waals surface area (Å²) in [7, 11) is 0. The van der Waals surface area contributed by atoms with Crippen molar-refractivity contribution in [2.45, 2.75) is 71.0 Å². The highest BCUT2D eigenvalue weighted by Gasteiger charge is 2.34. The molecule has 1 aliphatic heterocycles. The molecule has 0 amide bonds. The molecular weight excluding hydrogens is 272 g/mol. The number of hydrogen-bond acceptors (Lipinski definition) is 2. The monoisotopic (exact) mass is 304 g/mol. The van der Waals surface area contributed by atoms with Gasteiger partial charge >= 0.3 is 0 Å². The van der Waals surface area contributed by atoms with Crippen LogP contribution in [0.1, 0.15) is 58.8 Å². The molecule has 2 heteroatoms. The highest BCUT2D eigenvalue weighted by molar-refractivity contribution is 5.32. The molecule has 2 nitrogen and oxygen atoms in total. The molecule has 1 unspecified atom stereocenters. The summed E-state index contributed by atoms with van der Waals surface area (Å²) < 4.78 is 12.1. The van der Waals surface area contributed by atoms with Crippen molar-refractivity contribution in [3.05, 3.63) is 36.0 Å². The van der Waals surface area contributed by atoms with Gasteiger partial charge in [-0.25, -0.2) is 0 Å². The molecule has 0 aromatic carbocycles. The van der Waals surface area contributed by atoms with Gasteiger partial charge in [0.15, 0.2) is 0 Å². The van der Waals surface area contributed by atoms with Crippen LogP contribution in [0.15, 0.2) is 36.0 Å². The van der Waals surface area contributed by atoms with Crippen LogP contribution in [0, 0.1) is 5.92 Å². The van der Waals surface area contributed by atoms with E-state index in [1.807, 2.05) is 6.08 Å². The molecular formula is C20H32O2. The van der Waals surface area contributed by atoms with Gasteiger partial charge in [-0.05, 0) is 30.4 Å². The van der Waals surface area contributed by atoms with E-state index in [0.717, 1.165) is 19.4 Å². The summed E-state index contributed by atoms with van der Waals surface area (Å²) in [6.45, 7) is 9.79. The van der Waals surface area contributed by atoms with E-state index in [9.17, 15) is 0 Å². The standard InChI is InChI=1S/C20H32O2/c1-4-7-9-19(21-13-6-3)16-11-12-18-17(14-16)15-22-20(18)10-8-5-2/h6,11-12,17,19-20H,3-5,7-10,13-15H2,1-2H3/t17-,19?,20+/m1/s1. The van der Waals surface area contributed by atoms with Gasteiger partial charge in [0.05, 0.1) is 25.4 Å². The van der Waals surface area contributed by atoms with Gasteiger partial charge in [-0.1, -0.05) is 57.8 Å². The normalized spacial score (nSPS) is 25.4. The molecule has 0 saturated carbocycles. The molecule has 22 heavy (non-hydrogen) atoms. The lowest BCUT2D eigenvalue weighted by atomic mass is 9.83. The molecule has 124 valence electrons. The van der Waals surface area contributed by atoms with Crippen LogP contribution in [0.2, 0.25) is 0 Å². The fourth-order valence-electron chi connectivity index (χ4n) is 3.49. The van der Waals surface area contributed by atoms with Crippen molar-refractivity contribution in [2.24, 2.45) is 5.92 Å². The Morgan fingerprint density at radius 1 is 1.32 bits per heavy atom. The maximum atomic E-state index is 6.03. The van der Waals surface area contributed by atoms with Gasteiger partial charge in [-0.15, -0.1) is 6.58 Å². The first-order valence-electron chi connectivity index (χ1n) is 9.04. The molecule has 3 atom stereocenters. The van der Waals surface area contributed by atoms with Crippen LogP contribution < -0.4 is 0 Å². The predicted octanol–water partition coefficient (Wildman–Crippen LogP) is 5.21. The quantitative estimate of drug-likeness (QED) is 0.516. The summed E-state index contributed by atoms with van der Waals surface area (Å²) in [6, 6.07) is 0. The summed E-state index contributed by atoms with van der Waals surface area (Å²) >= 11 is 0. The predicted molar refractivity (Wildman–Crippen MR) is 93.0 cm³/mol. The Hall–Kier alpha value is -0.860. The topological polar surface area (TPSA) is 18.5 Å². The Morgan fingerprint density at radius 2 is 2.14 bits per heavy atom. The van der Waals surface area contributed by atoms with Crippen LogP contribution in [0.4, 0.5) is 0 Å². The molecule has 0 radical (unpaired) electrons. The van der Waals surface area contributed by atoms with E-state index in [4.69, 9.17) is 9.47 Å². The first kappa shape index (κ1) is 17.5. The first-order chi connectivity index (χ1) is 10.8. The van der Waals surface area contributed by atoms with E-state index < -0.39 is 0 Å². The van der Waals surface area contributed by atoms with Crippen LogP contribution in [-0.2, 0) is 9.47 Å². The Balaban J connectivity index is 2.01. The lowest BCUT2D eigenvalue weighted by Crippen LogP contribution is -2.21. The maximum absolute atomic E-state index is 6.03. The second-order valence-corrected chi connectivity index (χ2v) is 6.53. The molecule has 2 rings (SSSR count). The van der Waals surface area contributed by atoms with Crippen molar-refractivity contribution < 1.29 is 9.47 Å². The van der Waals surface area contributed by atoms with Crippen molar-refractivity contribution >= 4 is 0 Å². The van der Waals surface area contributed by atoms with Crippen molar-refractivity contribution in [2.75, 3.05) is 13.2 Å².